The maximum atomic E-state index is 5.99. The van der Waals surface area contributed by atoms with Crippen molar-refractivity contribution < 1.29 is 9.47 Å². The summed E-state index contributed by atoms with van der Waals surface area (Å²) < 4.78 is 11.8. The molecule has 1 aromatic rings. The van der Waals surface area contributed by atoms with Crippen molar-refractivity contribution in [3.63, 3.8) is 0 Å². The zero-order valence-corrected chi connectivity index (χ0v) is 20.5. The molecule has 4 nitrogen and oxygen atoms in total. The molecule has 0 aromatic heterocycles. The summed E-state index contributed by atoms with van der Waals surface area (Å²) in [6.45, 7) is 10.9. The van der Waals surface area contributed by atoms with Gasteiger partial charge in [-0.25, -0.2) is 0 Å². The first kappa shape index (κ1) is 24.4. The van der Waals surface area contributed by atoms with E-state index in [1.807, 2.05) is 17.8 Å². The van der Waals surface area contributed by atoms with Crippen LogP contribution < -0.4 is 10.2 Å². The van der Waals surface area contributed by atoms with E-state index in [2.05, 4.69) is 79.2 Å². The topological polar surface area (TPSA) is 33.7 Å². The average molecular weight is 453 g/mol. The Labute approximate surface area is 197 Å². The molecule has 2 aliphatic rings. The Kier molecular flexibility index (Phi) is 9.27. The molecule has 0 spiro atoms. The van der Waals surface area contributed by atoms with E-state index in [1.54, 1.807) is 20.3 Å². The predicted octanol–water partition coefficient (Wildman–Crippen LogP) is 5.71. The minimum atomic E-state index is -0.205. The highest BCUT2D eigenvalue weighted by molar-refractivity contribution is 8.00. The van der Waals surface area contributed by atoms with Crippen LogP contribution in [0.25, 0.3) is 0 Å². The van der Waals surface area contributed by atoms with E-state index >= 15 is 0 Å². The van der Waals surface area contributed by atoms with Crippen molar-refractivity contribution in [2.24, 2.45) is 5.92 Å². The highest BCUT2D eigenvalue weighted by Crippen LogP contribution is 2.47. The van der Waals surface area contributed by atoms with Gasteiger partial charge in [0.1, 0.15) is 17.2 Å². The zero-order valence-electron chi connectivity index (χ0n) is 19.7. The third-order valence-corrected chi connectivity index (χ3v) is 7.09. The number of allylic oxidation sites excluding steroid dienone is 6. The molecule has 172 valence electrons. The summed E-state index contributed by atoms with van der Waals surface area (Å²) in [5.41, 5.74) is 3.77. The van der Waals surface area contributed by atoms with Crippen LogP contribution in [-0.2, 0) is 9.47 Å². The molecule has 0 saturated carbocycles. The van der Waals surface area contributed by atoms with Crippen molar-refractivity contribution in [2.75, 3.05) is 38.8 Å². The van der Waals surface area contributed by atoms with E-state index in [-0.39, 0.29) is 11.5 Å². The van der Waals surface area contributed by atoms with Crippen LogP contribution in [0.2, 0.25) is 0 Å². The van der Waals surface area contributed by atoms with Gasteiger partial charge in [0.25, 0.3) is 0 Å². The van der Waals surface area contributed by atoms with Crippen LogP contribution in [0.3, 0.4) is 0 Å². The van der Waals surface area contributed by atoms with Crippen molar-refractivity contribution in [3.8, 4) is 0 Å². The Hall–Kier alpha value is -2.21. The molecule has 1 heterocycles. The standard InChI is InChI=1S/C27H36N2O2S/c1-6-7-10-16-28-17-11-18-29-23-12-8-9-13-25(23)32-27(29)22-15-14-21(20(2)3)19-24(30-4)26(22)31-5/h6-10,12-15,19-20,26-28H,1,11,16-18H2,2-5H3/b10-7-. The molecule has 1 aromatic carbocycles. The number of para-hydroxylation sites is 1. The second-order valence-electron chi connectivity index (χ2n) is 8.21. The van der Waals surface area contributed by atoms with Crippen molar-refractivity contribution in [1.29, 1.82) is 0 Å². The molecule has 0 radical (unpaired) electrons. The smallest absolute Gasteiger partial charge is 0.138 e. The Morgan fingerprint density at radius 2 is 2.03 bits per heavy atom. The van der Waals surface area contributed by atoms with E-state index in [0.29, 0.717) is 5.92 Å². The lowest BCUT2D eigenvalue weighted by molar-refractivity contribution is 0.101. The third kappa shape index (κ3) is 5.77. The zero-order chi connectivity index (χ0) is 22.9. The molecule has 0 fully saturated rings. The summed E-state index contributed by atoms with van der Waals surface area (Å²) in [6.07, 6.45) is 13.3. The molecule has 3 rings (SSSR count). The molecule has 1 aliphatic heterocycles. The van der Waals surface area contributed by atoms with Gasteiger partial charge in [-0.3, -0.25) is 0 Å². The summed E-state index contributed by atoms with van der Waals surface area (Å²) in [5, 5.41) is 3.65. The maximum Gasteiger partial charge on any atom is 0.138 e. The minimum Gasteiger partial charge on any atom is -0.498 e. The molecule has 1 aliphatic carbocycles. The van der Waals surface area contributed by atoms with Crippen molar-refractivity contribution in [1.82, 2.24) is 5.32 Å². The highest BCUT2D eigenvalue weighted by Gasteiger charge is 2.37. The lowest BCUT2D eigenvalue weighted by Crippen LogP contribution is -2.37. The van der Waals surface area contributed by atoms with Gasteiger partial charge < -0.3 is 19.7 Å². The number of thioether (sulfide) groups is 1. The van der Waals surface area contributed by atoms with Gasteiger partial charge in [-0.15, -0.1) is 0 Å². The second kappa shape index (κ2) is 12.1. The van der Waals surface area contributed by atoms with Gasteiger partial charge in [0.05, 0.1) is 12.8 Å². The first-order valence-electron chi connectivity index (χ1n) is 11.3. The van der Waals surface area contributed by atoms with Crippen molar-refractivity contribution in [2.45, 2.75) is 36.6 Å². The number of hydrogen-bond donors (Lipinski definition) is 1. The number of benzene rings is 1. The lowest BCUT2D eigenvalue weighted by atomic mass is 10.0. The largest absolute Gasteiger partial charge is 0.498 e. The second-order valence-corrected chi connectivity index (χ2v) is 9.33. The molecule has 1 N–H and O–H groups in total. The first-order chi connectivity index (χ1) is 15.6. The van der Waals surface area contributed by atoms with Crippen molar-refractivity contribution in [3.05, 3.63) is 84.2 Å². The fourth-order valence-corrected chi connectivity index (χ4v) is 5.42. The molecular weight excluding hydrogens is 416 g/mol. The molecule has 0 saturated heterocycles. The first-order valence-corrected chi connectivity index (χ1v) is 12.2. The van der Waals surface area contributed by atoms with E-state index in [1.165, 1.54) is 21.7 Å². The summed E-state index contributed by atoms with van der Waals surface area (Å²) in [4.78, 5) is 3.83. The summed E-state index contributed by atoms with van der Waals surface area (Å²) in [6, 6.07) is 8.68. The molecular formula is C27H36N2O2S. The maximum absolute atomic E-state index is 5.99. The Morgan fingerprint density at radius 1 is 1.22 bits per heavy atom. The van der Waals surface area contributed by atoms with Gasteiger partial charge in [-0.2, -0.15) is 0 Å². The molecule has 2 unspecified atom stereocenters. The van der Waals surface area contributed by atoms with Crippen LogP contribution >= 0.6 is 11.8 Å². The summed E-state index contributed by atoms with van der Waals surface area (Å²) >= 11 is 1.90. The lowest BCUT2D eigenvalue weighted by Gasteiger charge is -2.32. The summed E-state index contributed by atoms with van der Waals surface area (Å²) in [5.74, 6) is 1.28. The predicted molar refractivity (Wildman–Crippen MR) is 137 cm³/mol. The minimum absolute atomic E-state index is 0.166. The third-order valence-electron chi connectivity index (χ3n) is 5.74. The van der Waals surface area contributed by atoms with Gasteiger partial charge in [0.2, 0.25) is 0 Å². The molecule has 32 heavy (non-hydrogen) atoms. The fourth-order valence-electron chi connectivity index (χ4n) is 4.04. The number of hydrogen-bond acceptors (Lipinski definition) is 5. The quantitative estimate of drug-likeness (QED) is 0.343. The van der Waals surface area contributed by atoms with Crippen LogP contribution in [0, 0.1) is 5.92 Å². The number of fused-ring (bicyclic) bond motifs is 1. The van der Waals surface area contributed by atoms with Gasteiger partial charge in [-0.05, 0) is 48.2 Å². The molecule has 0 bridgehead atoms. The molecule has 0 amide bonds. The molecule has 2 atom stereocenters. The van der Waals surface area contributed by atoms with Gasteiger partial charge in [0, 0.05) is 25.1 Å². The number of methoxy groups -OCH3 is 2. The van der Waals surface area contributed by atoms with Crippen LogP contribution in [-0.4, -0.2) is 45.3 Å². The highest BCUT2D eigenvalue weighted by atomic mass is 32.2. The van der Waals surface area contributed by atoms with Crippen LogP contribution in [0.1, 0.15) is 20.3 Å². The molecule has 5 heteroatoms. The van der Waals surface area contributed by atoms with Crippen LogP contribution in [0.15, 0.2) is 89.1 Å². The number of nitrogens with zero attached hydrogens (tertiary/aromatic N) is 1. The number of anilines is 1. The number of nitrogens with one attached hydrogen (secondary N) is 1. The van der Waals surface area contributed by atoms with Crippen LogP contribution in [0.5, 0.6) is 0 Å². The monoisotopic (exact) mass is 452 g/mol. The van der Waals surface area contributed by atoms with E-state index in [4.69, 9.17) is 9.47 Å². The summed E-state index contributed by atoms with van der Waals surface area (Å²) in [7, 11) is 3.50. The van der Waals surface area contributed by atoms with E-state index < -0.39 is 0 Å². The van der Waals surface area contributed by atoms with E-state index in [9.17, 15) is 0 Å². The van der Waals surface area contributed by atoms with Gasteiger partial charge >= 0.3 is 0 Å². The normalized spacial score (nSPS) is 20.7. The fraction of sp³-hybridized carbons (Fsp3) is 0.407. The van der Waals surface area contributed by atoms with Crippen LogP contribution in [0.4, 0.5) is 5.69 Å². The Bertz CT molecular complexity index is 901. The van der Waals surface area contributed by atoms with Gasteiger partial charge in [0.15, 0.2) is 0 Å². The average Bonchev–Trinajstić information content (AvgIpc) is 3.04. The van der Waals surface area contributed by atoms with Crippen molar-refractivity contribution >= 4 is 17.4 Å². The number of ether oxygens (including phenoxy) is 2. The Balaban J connectivity index is 1.84. The van der Waals surface area contributed by atoms with Gasteiger partial charge in [-0.1, -0.05) is 74.7 Å². The van der Waals surface area contributed by atoms with E-state index in [0.717, 1.165) is 31.8 Å². The number of rotatable bonds is 11. The Morgan fingerprint density at radius 3 is 2.75 bits per heavy atom. The SMILES string of the molecule is C=C/C=C\CNCCCN1c2ccccc2SC1C1=CC=C(C(C)C)C=C(OC)C1OC.